The highest BCUT2D eigenvalue weighted by Gasteiger charge is 2.13. The van der Waals surface area contributed by atoms with E-state index in [2.05, 4.69) is 5.32 Å². The van der Waals surface area contributed by atoms with Crippen molar-refractivity contribution in [1.82, 2.24) is 5.32 Å². The van der Waals surface area contributed by atoms with Crippen molar-refractivity contribution in [3.63, 3.8) is 0 Å². The third-order valence-corrected chi connectivity index (χ3v) is 3.50. The van der Waals surface area contributed by atoms with Gasteiger partial charge in [-0.1, -0.05) is 42.5 Å². The van der Waals surface area contributed by atoms with Crippen molar-refractivity contribution >= 4 is 5.97 Å². The highest BCUT2D eigenvalue weighted by molar-refractivity contribution is 5.67. The molecule has 116 valence electrons. The molecule has 2 N–H and O–H groups in total. The Bertz CT molecular complexity index is 581. The van der Waals surface area contributed by atoms with Crippen LogP contribution < -0.4 is 10.1 Å². The summed E-state index contributed by atoms with van der Waals surface area (Å²) in [6.45, 7) is 0.662. The molecule has 0 fully saturated rings. The molecule has 4 nitrogen and oxygen atoms in total. The molecule has 0 spiro atoms. The number of benzene rings is 2. The highest BCUT2D eigenvalue weighted by Crippen LogP contribution is 2.14. The van der Waals surface area contributed by atoms with Crippen LogP contribution in [0.25, 0.3) is 0 Å². The van der Waals surface area contributed by atoms with Crippen LogP contribution in [-0.2, 0) is 17.8 Å². The topological polar surface area (TPSA) is 58.6 Å². The fraction of sp³-hybridized carbons (Fsp3) is 0.278. The van der Waals surface area contributed by atoms with Crippen LogP contribution in [-0.4, -0.2) is 24.2 Å². The van der Waals surface area contributed by atoms with E-state index in [0.717, 1.165) is 16.9 Å². The number of nitrogens with one attached hydrogen (secondary N) is 1. The van der Waals surface area contributed by atoms with Gasteiger partial charge in [-0.15, -0.1) is 0 Å². The Kier molecular flexibility index (Phi) is 5.98. The molecule has 0 aromatic heterocycles. The van der Waals surface area contributed by atoms with Crippen LogP contribution in [0.3, 0.4) is 0 Å². The van der Waals surface area contributed by atoms with Crippen molar-refractivity contribution in [2.24, 2.45) is 0 Å². The minimum absolute atomic E-state index is 0.0961. The van der Waals surface area contributed by atoms with Crippen LogP contribution in [0, 0.1) is 0 Å². The number of hydrogen-bond donors (Lipinski definition) is 2. The number of carboxylic acids is 1. The third-order valence-electron chi connectivity index (χ3n) is 3.50. The second-order valence-electron chi connectivity index (χ2n) is 5.21. The van der Waals surface area contributed by atoms with Gasteiger partial charge in [-0.05, 0) is 29.7 Å². The first-order valence-electron chi connectivity index (χ1n) is 7.29. The van der Waals surface area contributed by atoms with Crippen molar-refractivity contribution in [3.8, 4) is 5.75 Å². The molecule has 0 aliphatic carbocycles. The van der Waals surface area contributed by atoms with Crippen molar-refractivity contribution in [1.29, 1.82) is 0 Å². The standard InChI is InChI=1S/C18H21NO3/c1-22-17-9-7-14(8-10-17)11-16(12-18(20)21)19-13-15-5-3-2-4-6-15/h2-10,16,19H,11-13H2,1H3,(H,20,21)/t16-/m0/s1. The average molecular weight is 299 g/mol. The number of carboxylic acid groups (broad SMARTS) is 1. The van der Waals surface area contributed by atoms with Crippen LogP contribution in [0.5, 0.6) is 5.75 Å². The minimum Gasteiger partial charge on any atom is -0.497 e. The summed E-state index contributed by atoms with van der Waals surface area (Å²) in [5.74, 6) is 0.00912. The molecule has 0 radical (unpaired) electrons. The third kappa shape index (κ3) is 5.22. The second-order valence-corrected chi connectivity index (χ2v) is 5.21. The Labute approximate surface area is 130 Å². The van der Waals surface area contributed by atoms with Gasteiger partial charge in [0.1, 0.15) is 5.75 Å². The van der Waals surface area contributed by atoms with E-state index in [4.69, 9.17) is 9.84 Å². The molecule has 0 amide bonds. The largest absolute Gasteiger partial charge is 0.497 e. The molecule has 0 heterocycles. The van der Waals surface area contributed by atoms with E-state index in [0.29, 0.717) is 13.0 Å². The predicted molar refractivity (Wildman–Crippen MR) is 86.0 cm³/mol. The molecule has 2 aromatic carbocycles. The summed E-state index contributed by atoms with van der Waals surface area (Å²) in [5.41, 5.74) is 2.24. The monoisotopic (exact) mass is 299 g/mol. The maximum Gasteiger partial charge on any atom is 0.304 e. The zero-order valence-corrected chi connectivity index (χ0v) is 12.7. The van der Waals surface area contributed by atoms with E-state index in [1.54, 1.807) is 7.11 Å². The van der Waals surface area contributed by atoms with Gasteiger partial charge in [0, 0.05) is 12.6 Å². The van der Waals surface area contributed by atoms with Gasteiger partial charge in [0.05, 0.1) is 13.5 Å². The maximum atomic E-state index is 11.1. The summed E-state index contributed by atoms with van der Waals surface area (Å²) in [6.07, 6.45) is 0.766. The molecule has 0 bridgehead atoms. The molecular weight excluding hydrogens is 278 g/mol. The smallest absolute Gasteiger partial charge is 0.304 e. The number of ether oxygens (including phenoxy) is 1. The lowest BCUT2D eigenvalue weighted by Crippen LogP contribution is -2.33. The zero-order valence-electron chi connectivity index (χ0n) is 12.7. The number of rotatable bonds is 8. The van der Waals surface area contributed by atoms with Gasteiger partial charge in [0.15, 0.2) is 0 Å². The molecule has 1 atom stereocenters. The summed E-state index contributed by atoms with van der Waals surface area (Å²) >= 11 is 0. The lowest BCUT2D eigenvalue weighted by Gasteiger charge is -2.17. The predicted octanol–water partition coefficient (Wildman–Crippen LogP) is 2.87. The van der Waals surface area contributed by atoms with Crippen molar-refractivity contribution < 1.29 is 14.6 Å². The molecule has 0 saturated carbocycles. The zero-order chi connectivity index (χ0) is 15.8. The van der Waals surface area contributed by atoms with E-state index in [1.807, 2.05) is 54.6 Å². The summed E-state index contributed by atoms with van der Waals surface area (Å²) < 4.78 is 5.13. The first-order chi connectivity index (χ1) is 10.7. The van der Waals surface area contributed by atoms with Gasteiger partial charge < -0.3 is 15.2 Å². The second kappa shape index (κ2) is 8.20. The molecule has 0 unspecified atom stereocenters. The van der Waals surface area contributed by atoms with Gasteiger partial charge in [-0.2, -0.15) is 0 Å². The van der Waals surface area contributed by atoms with Gasteiger partial charge in [-0.3, -0.25) is 4.79 Å². The Balaban J connectivity index is 1.97. The normalized spacial score (nSPS) is 11.9. The first-order valence-corrected chi connectivity index (χ1v) is 7.29. The summed E-state index contributed by atoms with van der Waals surface area (Å²) in [5, 5.41) is 12.4. The fourth-order valence-electron chi connectivity index (χ4n) is 2.33. The Morgan fingerprint density at radius 3 is 2.36 bits per heavy atom. The van der Waals surface area contributed by atoms with Gasteiger partial charge in [0.25, 0.3) is 0 Å². The van der Waals surface area contributed by atoms with Gasteiger partial charge in [-0.25, -0.2) is 0 Å². The van der Waals surface area contributed by atoms with Crippen LogP contribution in [0.2, 0.25) is 0 Å². The van der Waals surface area contributed by atoms with Crippen LogP contribution >= 0.6 is 0 Å². The summed E-state index contributed by atoms with van der Waals surface area (Å²) in [6, 6.07) is 17.6. The average Bonchev–Trinajstić information content (AvgIpc) is 2.54. The Morgan fingerprint density at radius 1 is 1.09 bits per heavy atom. The summed E-state index contributed by atoms with van der Waals surface area (Å²) in [7, 11) is 1.63. The molecule has 2 aromatic rings. The number of aliphatic carboxylic acids is 1. The quantitative estimate of drug-likeness (QED) is 0.787. The SMILES string of the molecule is COc1ccc(C[C@@H](CC(=O)O)NCc2ccccc2)cc1. The van der Waals surface area contributed by atoms with E-state index in [9.17, 15) is 4.79 Å². The molecule has 0 aliphatic rings. The summed E-state index contributed by atoms with van der Waals surface area (Å²) in [4.78, 5) is 11.1. The molecule has 4 heteroatoms. The Hall–Kier alpha value is -2.33. The molecule has 0 saturated heterocycles. The van der Waals surface area contributed by atoms with Crippen molar-refractivity contribution in [2.45, 2.75) is 25.4 Å². The van der Waals surface area contributed by atoms with Crippen molar-refractivity contribution in [2.75, 3.05) is 7.11 Å². The molecule has 0 aliphatic heterocycles. The molecular formula is C18H21NO3. The minimum atomic E-state index is -0.793. The van der Waals surface area contributed by atoms with E-state index in [1.165, 1.54) is 0 Å². The number of carbonyl (C=O) groups is 1. The van der Waals surface area contributed by atoms with Crippen LogP contribution in [0.15, 0.2) is 54.6 Å². The Morgan fingerprint density at radius 2 is 1.77 bits per heavy atom. The molecule has 2 rings (SSSR count). The highest BCUT2D eigenvalue weighted by atomic mass is 16.5. The number of methoxy groups -OCH3 is 1. The molecule has 22 heavy (non-hydrogen) atoms. The van der Waals surface area contributed by atoms with E-state index in [-0.39, 0.29) is 12.5 Å². The van der Waals surface area contributed by atoms with Gasteiger partial charge >= 0.3 is 5.97 Å². The van der Waals surface area contributed by atoms with Crippen molar-refractivity contribution in [3.05, 3.63) is 65.7 Å². The van der Waals surface area contributed by atoms with Crippen LogP contribution in [0.4, 0.5) is 0 Å². The number of hydrogen-bond acceptors (Lipinski definition) is 3. The first kappa shape index (κ1) is 16.0. The fourth-order valence-corrected chi connectivity index (χ4v) is 2.33. The maximum absolute atomic E-state index is 11.1. The lowest BCUT2D eigenvalue weighted by atomic mass is 10.0. The van der Waals surface area contributed by atoms with E-state index >= 15 is 0 Å². The van der Waals surface area contributed by atoms with E-state index < -0.39 is 5.97 Å². The van der Waals surface area contributed by atoms with Gasteiger partial charge in [0.2, 0.25) is 0 Å². The van der Waals surface area contributed by atoms with Crippen LogP contribution in [0.1, 0.15) is 17.5 Å². The lowest BCUT2D eigenvalue weighted by molar-refractivity contribution is -0.137.